The highest BCUT2D eigenvalue weighted by Crippen LogP contribution is 2.56. The van der Waals surface area contributed by atoms with Gasteiger partial charge in [-0.15, -0.1) is 0 Å². The highest BCUT2D eigenvalue weighted by Gasteiger charge is 2.23. The molecule has 0 fully saturated rings. The molecule has 7 heavy (non-hydrogen) atoms. The maximum absolute atomic E-state index is 2.41. The molecule has 0 aromatic rings. The Labute approximate surface area is 46.0 Å². The van der Waals surface area contributed by atoms with Crippen molar-refractivity contribution in [3.63, 3.8) is 0 Å². The van der Waals surface area contributed by atoms with Crippen LogP contribution in [0.5, 0.6) is 0 Å². The number of allylic oxidation sites excluding steroid dienone is 1. The van der Waals surface area contributed by atoms with E-state index in [2.05, 4.69) is 25.2 Å². The Kier molecular flexibility index (Phi) is 1.21. The summed E-state index contributed by atoms with van der Waals surface area (Å²) in [6.07, 6.45) is 5.10. The van der Waals surface area contributed by atoms with Crippen LogP contribution in [0.3, 0.4) is 0 Å². The second-order valence-corrected chi connectivity index (χ2v) is 6.98. The van der Waals surface area contributed by atoms with Crippen LogP contribution in [-0.4, -0.2) is 19.5 Å². The highest BCUT2D eigenvalue weighted by atomic mass is 31.2. The van der Waals surface area contributed by atoms with Gasteiger partial charge in [-0.05, 0) is 6.08 Å². The molecule has 0 unspecified atom stereocenters. The Balaban J connectivity index is 2.57. The Hall–Kier alpha value is 0.170. The maximum atomic E-state index is 2.41. The zero-order valence-corrected chi connectivity index (χ0v) is 5.91. The fourth-order valence-electron chi connectivity index (χ4n) is 0.842. The molecule has 40 valence electrons. The van der Waals surface area contributed by atoms with Gasteiger partial charge in [0.1, 0.15) is 0 Å². The number of hydrogen-bond acceptors (Lipinski definition) is 0. The molecule has 1 rings (SSSR count). The summed E-state index contributed by atoms with van der Waals surface area (Å²) in [6, 6.07) is 0. The molecule has 0 bridgehead atoms. The van der Waals surface area contributed by atoms with Gasteiger partial charge in [0.25, 0.3) is 0 Å². The largest absolute Gasteiger partial charge is 0.0666 e. The van der Waals surface area contributed by atoms with Crippen molar-refractivity contribution in [2.45, 2.75) is 6.42 Å². The topological polar surface area (TPSA) is 0 Å². The van der Waals surface area contributed by atoms with E-state index in [1.165, 1.54) is 12.6 Å². The molecule has 0 amide bonds. The lowest BCUT2D eigenvalue weighted by Gasteiger charge is -2.03. The zero-order valence-electron chi connectivity index (χ0n) is 5.02. The summed E-state index contributed by atoms with van der Waals surface area (Å²) >= 11 is 0. The van der Waals surface area contributed by atoms with Crippen LogP contribution >= 0.6 is 7.26 Å². The van der Waals surface area contributed by atoms with Gasteiger partial charge in [-0.25, -0.2) is 0 Å². The first kappa shape index (κ1) is 5.31. The normalized spacial score (nSPS) is 26.0. The van der Waals surface area contributed by atoms with Gasteiger partial charge in [0.15, 0.2) is 0 Å². The van der Waals surface area contributed by atoms with E-state index in [0.29, 0.717) is 0 Å². The van der Waals surface area contributed by atoms with Crippen LogP contribution in [0.1, 0.15) is 6.42 Å². The molecule has 0 aromatic heterocycles. The molecule has 1 heterocycles. The summed E-state index contributed by atoms with van der Waals surface area (Å²) in [5, 5.41) is 0. The van der Waals surface area contributed by atoms with Crippen molar-refractivity contribution in [1.82, 2.24) is 0 Å². The minimum Gasteiger partial charge on any atom is -0.0460 e. The summed E-state index contributed by atoms with van der Waals surface area (Å²) in [6.45, 7) is 4.77. The first-order valence-electron chi connectivity index (χ1n) is 2.71. The lowest BCUT2D eigenvalue weighted by Crippen LogP contribution is -1.81. The van der Waals surface area contributed by atoms with Gasteiger partial charge < -0.3 is 0 Å². The zero-order chi connectivity index (χ0) is 5.33. The third-order valence-corrected chi connectivity index (χ3v) is 3.81. The molecule has 0 nitrogen and oxygen atoms in total. The smallest absolute Gasteiger partial charge is 0.0460 e. The fourth-order valence-corrected chi connectivity index (χ4v) is 2.53. The van der Waals surface area contributed by atoms with Crippen molar-refractivity contribution >= 4 is 7.26 Å². The monoisotopic (exact) mass is 115 g/mol. The lowest BCUT2D eigenvalue weighted by molar-refractivity contribution is 1.26. The van der Waals surface area contributed by atoms with Crippen molar-refractivity contribution in [2.75, 3.05) is 19.5 Å². The predicted molar refractivity (Wildman–Crippen MR) is 37.4 cm³/mol. The average Bonchev–Trinajstić information content (AvgIpc) is 1.84. The Bertz CT molecular complexity index is 92.4. The van der Waals surface area contributed by atoms with Gasteiger partial charge in [0.2, 0.25) is 0 Å². The van der Waals surface area contributed by atoms with Gasteiger partial charge in [-0.2, -0.15) is 0 Å². The fraction of sp³-hybridized carbons (Fsp3) is 0.667. The number of hydrogen-bond donors (Lipinski definition) is 0. The third-order valence-electron chi connectivity index (χ3n) is 1.38. The molecule has 0 aliphatic carbocycles. The van der Waals surface area contributed by atoms with Crippen molar-refractivity contribution in [3.8, 4) is 0 Å². The van der Waals surface area contributed by atoms with Crippen LogP contribution < -0.4 is 0 Å². The van der Waals surface area contributed by atoms with Crippen LogP contribution in [0.15, 0.2) is 11.9 Å². The quantitative estimate of drug-likeness (QED) is 0.424. The van der Waals surface area contributed by atoms with Gasteiger partial charge in [0, 0.05) is 13.7 Å². The van der Waals surface area contributed by atoms with Crippen molar-refractivity contribution in [3.05, 3.63) is 11.9 Å². The van der Waals surface area contributed by atoms with Crippen LogP contribution in [0.25, 0.3) is 0 Å². The van der Waals surface area contributed by atoms with Crippen molar-refractivity contribution in [2.24, 2.45) is 0 Å². The summed E-state index contributed by atoms with van der Waals surface area (Å²) < 4.78 is 0. The molecule has 0 spiro atoms. The minimum absolute atomic E-state index is 0.474. The van der Waals surface area contributed by atoms with Gasteiger partial charge in [-0.1, -0.05) is 0 Å². The van der Waals surface area contributed by atoms with E-state index >= 15 is 0 Å². The number of rotatable bonds is 0. The van der Waals surface area contributed by atoms with E-state index in [1.807, 2.05) is 0 Å². The lowest BCUT2D eigenvalue weighted by atomic mass is 10.5. The molecule has 0 saturated heterocycles. The molecule has 1 aliphatic heterocycles. The van der Waals surface area contributed by atoms with E-state index in [0.717, 1.165) is 0 Å². The van der Waals surface area contributed by atoms with E-state index in [-0.39, 0.29) is 0 Å². The first-order valence-corrected chi connectivity index (χ1v) is 5.65. The van der Waals surface area contributed by atoms with E-state index < -0.39 is 7.26 Å². The molecule has 1 aliphatic rings. The standard InChI is InChI=1S/C6H12P/c1-7(2)5-3-4-6-7/h3,5H,4,6H2,1-2H3/q+1. The van der Waals surface area contributed by atoms with Gasteiger partial charge in [0.05, 0.1) is 25.3 Å². The molecule has 0 radical (unpaired) electrons. The predicted octanol–water partition coefficient (Wildman–Crippen LogP) is 2.18. The van der Waals surface area contributed by atoms with E-state index in [4.69, 9.17) is 0 Å². The minimum atomic E-state index is -0.474. The van der Waals surface area contributed by atoms with Crippen LogP contribution in [0.4, 0.5) is 0 Å². The molecule has 0 saturated carbocycles. The summed E-state index contributed by atoms with van der Waals surface area (Å²) in [5.41, 5.74) is 0. The van der Waals surface area contributed by atoms with E-state index in [9.17, 15) is 0 Å². The molecule has 0 atom stereocenters. The molecule has 0 aromatic carbocycles. The summed E-state index contributed by atoms with van der Waals surface area (Å²) in [4.78, 5) is 0. The first-order chi connectivity index (χ1) is 3.21. The Morgan fingerprint density at radius 3 is 2.29 bits per heavy atom. The second-order valence-electron chi connectivity index (χ2n) is 2.68. The summed E-state index contributed by atoms with van der Waals surface area (Å²) in [7, 11) is -0.474. The summed E-state index contributed by atoms with van der Waals surface area (Å²) in [5.74, 6) is 2.41. The van der Waals surface area contributed by atoms with Crippen molar-refractivity contribution < 1.29 is 0 Å². The van der Waals surface area contributed by atoms with Crippen molar-refractivity contribution in [1.29, 1.82) is 0 Å². The van der Waals surface area contributed by atoms with Crippen LogP contribution in [-0.2, 0) is 0 Å². The highest BCUT2D eigenvalue weighted by molar-refractivity contribution is 7.77. The molecular formula is C6H12P+. The van der Waals surface area contributed by atoms with Gasteiger partial charge in [-0.3, -0.25) is 0 Å². The van der Waals surface area contributed by atoms with Crippen LogP contribution in [0, 0.1) is 0 Å². The van der Waals surface area contributed by atoms with Gasteiger partial charge >= 0.3 is 0 Å². The Morgan fingerprint density at radius 2 is 2.14 bits per heavy atom. The Morgan fingerprint density at radius 1 is 1.43 bits per heavy atom. The van der Waals surface area contributed by atoms with E-state index in [1.54, 1.807) is 0 Å². The second kappa shape index (κ2) is 1.59. The molecule has 0 N–H and O–H groups in total. The third kappa shape index (κ3) is 1.28. The maximum Gasteiger partial charge on any atom is 0.0666 e. The van der Waals surface area contributed by atoms with Crippen LogP contribution in [0.2, 0.25) is 0 Å². The average molecular weight is 115 g/mol. The SMILES string of the molecule is C[P+]1(C)C=CCC1. The molecule has 1 heteroatoms. The molecular weight excluding hydrogens is 103 g/mol.